The number of carbonyl (C=O) groups is 1. The maximum atomic E-state index is 12.4. The van der Waals surface area contributed by atoms with Gasteiger partial charge in [-0.2, -0.15) is 0 Å². The van der Waals surface area contributed by atoms with Crippen molar-refractivity contribution >= 4 is 28.6 Å². The van der Waals surface area contributed by atoms with E-state index in [0.717, 1.165) is 50.9 Å². The molecule has 1 saturated heterocycles. The van der Waals surface area contributed by atoms with Gasteiger partial charge < -0.3 is 15.5 Å². The summed E-state index contributed by atoms with van der Waals surface area (Å²) in [5, 5.41) is 6.87. The van der Waals surface area contributed by atoms with E-state index in [-0.39, 0.29) is 5.91 Å². The van der Waals surface area contributed by atoms with Crippen LogP contribution < -0.4 is 15.5 Å². The highest BCUT2D eigenvalue weighted by molar-refractivity contribution is 7.09. The fraction of sp³-hybridized carbons (Fsp3) is 0.407. The molecule has 6 heteroatoms. The Balaban J connectivity index is 1.20. The molecule has 33 heavy (non-hydrogen) atoms. The lowest BCUT2D eigenvalue weighted by Gasteiger charge is -2.35. The third kappa shape index (κ3) is 7.41. The first-order valence-electron chi connectivity index (χ1n) is 12.0. The van der Waals surface area contributed by atoms with Crippen molar-refractivity contribution in [3.63, 3.8) is 0 Å². The molecule has 0 radical (unpaired) electrons. The average molecular weight is 463 g/mol. The fourth-order valence-corrected chi connectivity index (χ4v) is 5.24. The van der Waals surface area contributed by atoms with Crippen LogP contribution in [0.15, 0.2) is 66.3 Å². The van der Waals surface area contributed by atoms with Gasteiger partial charge in [0.15, 0.2) is 0 Å². The zero-order chi connectivity index (χ0) is 22.9. The molecule has 0 unspecified atom stereocenters. The monoisotopic (exact) mass is 462 g/mol. The smallest absolute Gasteiger partial charge is 0.224 e. The summed E-state index contributed by atoms with van der Waals surface area (Å²) in [6.07, 6.45) is 7.60. The number of benzene rings is 2. The first-order valence-corrected chi connectivity index (χ1v) is 12.9. The highest BCUT2D eigenvalue weighted by Gasteiger charge is 2.21. The SMILES string of the molecule is C[C@H](Cc1cncs1)NC1CCN(c2cccc(NC(=O)CCCc3ccccc3)c2)CC1. The molecule has 1 aliphatic heterocycles. The highest BCUT2D eigenvalue weighted by atomic mass is 32.1. The Morgan fingerprint density at radius 1 is 1.15 bits per heavy atom. The van der Waals surface area contributed by atoms with E-state index in [2.05, 4.69) is 51.7 Å². The van der Waals surface area contributed by atoms with Crippen LogP contribution in [0.1, 0.15) is 43.0 Å². The van der Waals surface area contributed by atoms with E-state index >= 15 is 0 Å². The van der Waals surface area contributed by atoms with Crippen LogP contribution in [0, 0.1) is 0 Å². The Bertz CT molecular complexity index is 984. The molecule has 1 atom stereocenters. The summed E-state index contributed by atoms with van der Waals surface area (Å²) in [5.41, 5.74) is 5.26. The largest absolute Gasteiger partial charge is 0.371 e. The predicted molar refractivity (Wildman–Crippen MR) is 138 cm³/mol. The van der Waals surface area contributed by atoms with Crippen molar-refractivity contribution in [3.8, 4) is 0 Å². The quantitative estimate of drug-likeness (QED) is 0.430. The summed E-state index contributed by atoms with van der Waals surface area (Å²) in [5.74, 6) is 0.0842. The number of nitrogens with one attached hydrogen (secondary N) is 2. The average Bonchev–Trinajstić information content (AvgIpc) is 3.33. The van der Waals surface area contributed by atoms with Crippen LogP contribution in [0.5, 0.6) is 0 Å². The zero-order valence-electron chi connectivity index (χ0n) is 19.4. The second-order valence-electron chi connectivity index (χ2n) is 8.94. The molecule has 0 saturated carbocycles. The van der Waals surface area contributed by atoms with Crippen LogP contribution in [-0.4, -0.2) is 36.1 Å². The first-order chi connectivity index (χ1) is 16.2. The van der Waals surface area contributed by atoms with E-state index in [9.17, 15) is 4.79 Å². The normalized spacial score (nSPS) is 15.4. The zero-order valence-corrected chi connectivity index (χ0v) is 20.2. The Morgan fingerprint density at radius 2 is 1.97 bits per heavy atom. The van der Waals surface area contributed by atoms with Gasteiger partial charge in [0.25, 0.3) is 0 Å². The standard InChI is InChI=1S/C27H34N4OS/c1-21(17-26-19-28-20-33-26)29-23-13-15-31(16-14-23)25-11-6-10-24(18-25)30-27(32)12-5-9-22-7-3-2-4-8-22/h2-4,6-8,10-11,18-21,23,29H,5,9,12-17H2,1H3,(H,30,32)/t21-/m1/s1. The summed E-state index contributed by atoms with van der Waals surface area (Å²) in [6.45, 7) is 4.32. The number of nitrogens with zero attached hydrogens (tertiary/aromatic N) is 2. The third-order valence-electron chi connectivity index (χ3n) is 6.21. The molecular formula is C27H34N4OS. The van der Waals surface area contributed by atoms with Crippen LogP contribution in [-0.2, 0) is 17.6 Å². The number of piperidine rings is 1. The first kappa shape index (κ1) is 23.5. The summed E-state index contributed by atoms with van der Waals surface area (Å²) in [4.78, 5) is 20.4. The van der Waals surface area contributed by atoms with Gasteiger partial charge in [0.05, 0.1) is 5.51 Å². The molecule has 2 heterocycles. The van der Waals surface area contributed by atoms with Gasteiger partial charge in [0.2, 0.25) is 5.91 Å². The number of hydrogen-bond acceptors (Lipinski definition) is 5. The number of hydrogen-bond donors (Lipinski definition) is 2. The minimum Gasteiger partial charge on any atom is -0.371 e. The topological polar surface area (TPSA) is 57.3 Å². The molecule has 2 N–H and O–H groups in total. The molecule has 0 spiro atoms. The Labute approximate surface area is 201 Å². The summed E-state index contributed by atoms with van der Waals surface area (Å²) in [6, 6.07) is 19.6. The van der Waals surface area contributed by atoms with Crippen molar-refractivity contribution in [2.75, 3.05) is 23.3 Å². The van der Waals surface area contributed by atoms with Crippen LogP contribution in [0.2, 0.25) is 0 Å². The second-order valence-corrected chi connectivity index (χ2v) is 9.91. The van der Waals surface area contributed by atoms with Gasteiger partial charge in [0, 0.05) is 54.0 Å². The molecule has 1 fully saturated rings. The molecule has 1 amide bonds. The highest BCUT2D eigenvalue weighted by Crippen LogP contribution is 2.24. The van der Waals surface area contributed by atoms with Crippen molar-refractivity contribution in [1.29, 1.82) is 0 Å². The van der Waals surface area contributed by atoms with Crippen LogP contribution >= 0.6 is 11.3 Å². The van der Waals surface area contributed by atoms with E-state index in [1.807, 2.05) is 42.0 Å². The molecule has 4 rings (SSSR count). The molecule has 174 valence electrons. The predicted octanol–water partition coefficient (Wildman–Crippen LogP) is 5.29. The lowest BCUT2D eigenvalue weighted by molar-refractivity contribution is -0.116. The van der Waals surface area contributed by atoms with Crippen molar-refractivity contribution in [2.45, 2.75) is 57.5 Å². The van der Waals surface area contributed by atoms with Gasteiger partial charge >= 0.3 is 0 Å². The molecule has 3 aromatic rings. The van der Waals surface area contributed by atoms with Gasteiger partial charge in [-0.15, -0.1) is 11.3 Å². The minimum absolute atomic E-state index is 0.0842. The van der Waals surface area contributed by atoms with Gasteiger partial charge in [-0.1, -0.05) is 36.4 Å². The molecule has 0 bridgehead atoms. The molecule has 1 aromatic heterocycles. The third-order valence-corrected chi connectivity index (χ3v) is 7.02. The van der Waals surface area contributed by atoms with Crippen LogP contribution in [0.25, 0.3) is 0 Å². The molecule has 0 aliphatic carbocycles. The van der Waals surface area contributed by atoms with Gasteiger partial charge in [-0.3, -0.25) is 9.78 Å². The van der Waals surface area contributed by atoms with E-state index in [1.165, 1.54) is 16.1 Å². The number of amides is 1. The molecule has 5 nitrogen and oxygen atoms in total. The number of aromatic nitrogens is 1. The molecular weight excluding hydrogens is 428 g/mol. The Hall–Kier alpha value is -2.70. The van der Waals surface area contributed by atoms with E-state index < -0.39 is 0 Å². The number of aryl methyl sites for hydroxylation is 1. The minimum atomic E-state index is 0.0842. The lowest BCUT2D eigenvalue weighted by Crippen LogP contribution is -2.46. The van der Waals surface area contributed by atoms with Crippen LogP contribution in [0.3, 0.4) is 0 Å². The summed E-state index contributed by atoms with van der Waals surface area (Å²) in [7, 11) is 0. The van der Waals surface area contributed by atoms with Gasteiger partial charge in [-0.05, 0) is 62.8 Å². The Kier molecular flexibility index (Phi) is 8.50. The Morgan fingerprint density at radius 3 is 2.73 bits per heavy atom. The number of thiazole rings is 1. The van der Waals surface area contributed by atoms with E-state index in [0.29, 0.717) is 18.5 Å². The van der Waals surface area contributed by atoms with E-state index in [4.69, 9.17) is 0 Å². The van der Waals surface area contributed by atoms with Gasteiger partial charge in [0.1, 0.15) is 0 Å². The van der Waals surface area contributed by atoms with Crippen molar-refractivity contribution < 1.29 is 4.79 Å². The van der Waals surface area contributed by atoms with E-state index in [1.54, 1.807) is 11.3 Å². The van der Waals surface area contributed by atoms with Crippen molar-refractivity contribution in [1.82, 2.24) is 10.3 Å². The fourth-order valence-electron chi connectivity index (χ4n) is 4.51. The summed E-state index contributed by atoms with van der Waals surface area (Å²) < 4.78 is 0. The number of rotatable bonds is 10. The lowest BCUT2D eigenvalue weighted by atomic mass is 10.0. The van der Waals surface area contributed by atoms with Gasteiger partial charge in [-0.25, -0.2) is 0 Å². The number of carbonyl (C=O) groups excluding carboxylic acids is 1. The maximum absolute atomic E-state index is 12.4. The molecule has 1 aliphatic rings. The summed E-state index contributed by atoms with van der Waals surface area (Å²) >= 11 is 1.73. The second kappa shape index (κ2) is 12.0. The van der Waals surface area contributed by atoms with Crippen LogP contribution in [0.4, 0.5) is 11.4 Å². The van der Waals surface area contributed by atoms with Crippen molar-refractivity contribution in [2.24, 2.45) is 0 Å². The number of anilines is 2. The van der Waals surface area contributed by atoms with Crippen molar-refractivity contribution in [3.05, 3.63) is 76.7 Å². The molecule has 2 aromatic carbocycles. The maximum Gasteiger partial charge on any atom is 0.224 e.